The number of aryl methyl sites for hydroxylation is 1. The van der Waals surface area contributed by atoms with Crippen molar-refractivity contribution in [3.63, 3.8) is 0 Å². The number of nitrogens with zero attached hydrogens (tertiary/aromatic N) is 2. The van der Waals surface area contributed by atoms with Crippen molar-refractivity contribution < 1.29 is 23.5 Å². The molecule has 7 nitrogen and oxygen atoms in total. The van der Waals surface area contributed by atoms with Crippen LogP contribution < -0.4 is 9.47 Å². The van der Waals surface area contributed by atoms with Gasteiger partial charge in [0.25, 0.3) is 0 Å². The average molecular weight is 614 g/mol. The molecule has 3 aromatic carbocycles. The number of hydrogen-bond acceptors (Lipinski definition) is 6. The summed E-state index contributed by atoms with van der Waals surface area (Å²) in [6.07, 6.45) is 3.62. The number of hydrogen-bond donors (Lipinski definition) is 0. The number of ether oxygens (including phenoxy) is 3. The number of esters is 1. The van der Waals surface area contributed by atoms with E-state index >= 15 is 0 Å². The van der Waals surface area contributed by atoms with Crippen molar-refractivity contribution in [3.8, 4) is 11.5 Å². The summed E-state index contributed by atoms with van der Waals surface area (Å²) in [6.45, 7) is 3.04. The van der Waals surface area contributed by atoms with Gasteiger partial charge in [-0.15, -0.1) is 0 Å². The minimum absolute atomic E-state index is 0.103. The van der Waals surface area contributed by atoms with Crippen LogP contribution in [0, 0.1) is 0 Å². The van der Waals surface area contributed by atoms with Crippen LogP contribution in [0.4, 0.5) is 0 Å². The maximum Gasteiger partial charge on any atom is 0.337 e. The number of carbonyl (C=O) groups excluding carboxylic acids is 1. The third-order valence-corrected chi connectivity index (χ3v) is 7.35. The first-order valence-corrected chi connectivity index (χ1v) is 14.1. The topological polar surface area (TPSA) is 75.7 Å². The van der Waals surface area contributed by atoms with Crippen LogP contribution >= 0.6 is 34.8 Å². The first-order valence-electron chi connectivity index (χ1n) is 13.0. The van der Waals surface area contributed by atoms with Crippen LogP contribution in [0.5, 0.6) is 11.5 Å². The van der Waals surface area contributed by atoms with E-state index in [9.17, 15) is 4.79 Å². The molecule has 212 valence electrons. The number of carbonyl (C=O) groups is 1. The van der Waals surface area contributed by atoms with Gasteiger partial charge in [0.05, 0.1) is 28.3 Å². The molecule has 5 rings (SSSR count). The van der Waals surface area contributed by atoms with Crippen LogP contribution in [0.25, 0.3) is 10.9 Å². The van der Waals surface area contributed by atoms with Crippen molar-refractivity contribution in [1.82, 2.24) is 9.72 Å². The Kier molecular flexibility index (Phi) is 9.08. The van der Waals surface area contributed by atoms with Gasteiger partial charge in [0.2, 0.25) is 0 Å². The Morgan fingerprint density at radius 3 is 2.54 bits per heavy atom. The summed E-state index contributed by atoms with van der Waals surface area (Å²) in [6, 6.07) is 18.6. The van der Waals surface area contributed by atoms with Gasteiger partial charge in [-0.25, -0.2) is 4.79 Å². The maximum atomic E-state index is 11.9. The lowest BCUT2D eigenvalue weighted by molar-refractivity contribution is 0.0600. The van der Waals surface area contributed by atoms with E-state index in [1.165, 1.54) is 7.11 Å². The van der Waals surface area contributed by atoms with Gasteiger partial charge in [-0.3, -0.25) is 0 Å². The smallest absolute Gasteiger partial charge is 0.337 e. The number of aromatic nitrogens is 2. The molecule has 0 bridgehead atoms. The SMILES string of the molecule is CCCc1onc(COc2c(Cl)cc(Cl)cc2Cl)c1COc1ccc2c(ccn2Cc2cccc(C(=O)OC)c2)c1. The average Bonchev–Trinajstić information content (AvgIpc) is 3.54. The van der Waals surface area contributed by atoms with Crippen molar-refractivity contribution in [1.29, 1.82) is 0 Å². The van der Waals surface area contributed by atoms with Crippen molar-refractivity contribution in [2.24, 2.45) is 0 Å². The van der Waals surface area contributed by atoms with E-state index in [0.717, 1.165) is 34.2 Å². The summed E-state index contributed by atoms with van der Waals surface area (Å²) in [4.78, 5) is 11.9. The quantitative estimate of drug-likeness (QED) is 0.139. The Morgan fingerprint density at radius 1 is 0.976 bits per heavy atom. The predicted molar refractivity (Wildman–Crippen MR) is 159 cm³/mol. The van der Waals surface area contributed by atoms with Gasteiger partial charge in [0.15, 0.2) is 5.75 Å². The van der Waals surface area contributed by atoms with E-state index in [4.69, 9.17) is 53.5 Å². The lowest BCUT2D eigenvalue weighted by Crippen LogP contribution is -2.05. The molecule has 0 aliphatic carbocycles. The molecule has 0 saturated carbocycles. The van der Waals surface area contributed by atoms with E-state index in [-0.39, 0.29) is 19.2 Å². The molecule has 0 aliphatic heterocycles. The Bertz CT molecular complexity index is 1670. The summed E-state index contributed by atoms with van der Waals surface area (Å²) in [5.74, 6) is 1.44. The van der Waals surface area contributed by atoms with Crippen molar-refractivity contribution >= 4 is 51.7 Å². The standard InChI is InChI=1S/C31H27Cl3N2O5/c1-3-5-29-24(27(35-41-29)18-40-30-25(33)14-22(32)15-26(30)34)17-39-23-8-9-28-20(13-23)10-11-36(28)16-19-6-4-7-21(12-19)31(37)38-2/h4,6-15H,3,5,16-18H2,1-2H3. The second kappa shape index (κ2) is 12.9. The third-order valence-electron chi connectivity index (χ3n) is 6.57. The Morgan fingerprint density at radius 2 is 1.78 bits per heavy atom. The molecule has 0 atom stereocenters. The van der Waals surface area contributed by atoms with E-state index in [2.05, 4.69) is 16.6 Å². The van der Waals surface area contributed by atoms with Crippen LogP contribution in [0.3, 0.4) is 0 Å². The summed E-state index contributed by atoms with van der Waals surface area (Å²) < 4.78 is 24.7. The highest BCUT2D eigenvalue weighted by atomic mass is 35.5. The Labute approximate surface area is 252 Å². The molecule has 0 N–H and O–H groups in total. The molecule has 0 radical (unpaired) electrons. The molecule has 0 spiro atoms. The van der Waals surface area contributed by atoms with E-state index < -0.39 is 0 Å². The van der Waals surface area contributed by atoms with Gasteiger partial charge in [-0.1, -0.05) is 59.0 Å². The number of fused-ring (bicyclic) bond motifs is 1. The largest absolute Gasteiger partial charge is 0.489 e. The van der Waals surface area contributed by atoms with Gasteiger partial charge >= 0.3 is 5.97 Å². The predicted octanol–water partition coefficient (Wildman–Crippen LogP) is 8.53. The van der Waals surface area contributed by atoms with Crippen LogP contribution in [0.15, 0.2) is 71.4 Å². The first-order chi connectivity index (χ1) is 19.9. The summed E-state index contributed by atoms with van der Waals surface area (Å²) >= 11 is 18.6. The molecular formula is C31H27Cl3N2O5. The first kappa shape index (κ1) is 28.9. The fourth-order valence-electron chi connectivity index (χ4n) is 4.56. The van der Waals surface area contributed by atoms with Crippen LogP contribution in [0.2, 0.25) is 15.1 Å². The molecule has 5 aromatic rings. The minimum Gasteiger partial charge on any atom is -0.489 e. The Hall–Kier alpha value is -3.65. The van der Waals surface area contributed by atoms with Crippen molar-refractivity contribution in [3.05, 3.63) is 110 Å². The van der Waals surface area contributed by atoms with Gasteiger partial charge in [-0.05, 0) is 60.5 Å². The third kappa shape index (κ3) is 6.64. The fraction of sp³-hybridized carbons (Fsp3) is 0.226. The van der Waals surface area contributed by atoms with Crippen LogP contribution in [-0.2, 0) is 30.9 Å². The van der Waals surface area contributed by atoms with Gasteiger partial charge in [0.1, 0.15) is 30.4 Å². The van der Waals surface area contributed by atoms with E-state index in [1.807, 2.05) is 48.7 Å². The van der Waals surface area contributed by atoms with Gasteiger partial charge in [-0.2, -0.15) is 0 Å². The molecule has 0 saturated heterocycles. The number of methoxy groups -OCH3 is 1. The number of benzene rings is 3. The van der Waals surface area contributed by atoms with Gasteiger partial charge in [0, 0.05) is 35.1 Å². The normalized spacial score (nSPS) is 11.1. The number of rotatable bonds is 11. The van der Waals surface area contributed by atoms with Gasteiger partial charge < -0.3 is 23.3 Å². The molecule has 10 heteroatoms. The highest BCUT2D eigenvalue weighted by molar-refractivity contribution is 6.40. The highest BCUT2D eigenvalue weighted by Gasteiger charge is 2.19. The molecule has 0 amide bonds. The molecule has 2 aromatic heterocycles. The monoisotopic (exact) mass is 612 g/mol. The maximum absolute atomic E-state index is 11.9. The van der Waals surface area contributed by atoms with Crippen molar-refractivity contribution in [2.45, 2.75) is 39.5 Å². The lowest BCUT2D eigenvalue weighted by atomic mass is 10.1. The highest BCUT2D eigenvalue weighted by Crippen LogP contribution is 2.36. The fourth-order valence-corrected chi connectivity index (χ4v) is 5.49. The summed E-state index contributed by atoms with van der Waals surface area (Å²) in [5, 5.41) is 6.31. The summed E-state index contributed by atoms with van der Waals surface area (Å²) in [5.41, 5.74) is 4.01. The zero-order valence-corrected chi connectivity index (χ0v) is 24.7. The molecular weight excluding hydrogens is 587 g/mol. The zero-order valence-electron chi connectivity index (χ0n) is 22.5. The van der Waals surface area contributed by atoms with E-state index in [1.54, 1.807) is 18.2 Å². The van der Waals surface area contributed by atoms with Crippen LogP contribution in [-0.4, -0.2) is 22.8 Å². The number of halogens is 3. The Balaban J connectivity index is 1.30. The second-order valence-electron chi connectivity index (χ2n) is 9.41. The zero-order chi connectivity index (χ0) is 28.9. The molecule has 41 heavy (non-hydrogen) atoms. The summed E-state index contributed by atoms with van der Waals surface area (Å²) in [7, 11) is 1.38. The van der Waals surface area contributed by atoms with E-state index in [0.29, 0.717) is 50.8 Å². The molecule has 0 fully saturated rings. The minimum atomic E-state index is -0.354. The van der Waals surface area contributed by atoms with Crippen LogP contribution in [0.1, 0.15) is 46.3 Å². The van der Waals surface area contributed by atoms with Crippen molar-refractivity contribution in [2.75, 3.05) is 7.11 Å². The lowest BCUT2D eigenvalue weighted by Gasteiger charge is -2.11. The molecule has 2 heterocycles. The molecule has 0 unspecified atom stereocenters. The second-order valence-corrected chi connectivity index (χ2v) is 10.7. The molecule has 0 aliphatic rings.